The van der Waals surface area contributed by atoms with Crippen LogP contribution in [0.25, 0.3) is 0 Å². The fourth-order valence-corrected chi connectivity index (χ4v) is 2.37. The van der Waals surface area contributed by atoms with Crippen LogP contribution in [0.2, 0.25) is 0 Å². The molecule has 1 N–H and O–H groups in total. The molecule has 0 saturated heterocycles. The number of hydrogen-bond acceptors (Lipinski definition) is 3. The molecule has 0 spiro atoms. The number of rotatable bonds is 3. The van der Waals surface area contributed by atoms with Crippen LogP contribution in [-0.4, -0.2) is 15.4 Å². The Kier molecular flexibility index (Phi) is 3.89. The highest BCUT2D eigenvalue weighted by Gasteiger charge is 2.18. The number of carbonyl (C=O) groups is 1. The molecule has 6 nitrogen and oxygen atoms in total. The second-order valence-corrected chi connectivity index (χ2v) is 5.30. The van der Waals surface area contributed by atoms with Gasteiger partial charge in [0.25, 0.3) is 11.6 Å². The molecular weight excluding hydrogens is 326 g/mol. The van der Waals surface area contributed by atoms with E-state index in [1.807, 2.05) is 0 Å². The van der Waals surface area contributed by atoms with Gasteiger partial charge in [-0.1, -0.05) is 6.07 Å². The summed E-state index contributed by atoms with van der Waals surface area (Å²) in [6.45, 7) is 1.80. The Bertz CT molecular complexity index is 694. The van der Waals surface area contributed by atoms with Crippen molar-refractivity contribution in [3.8, 4) is 0 Å². The van der Waals surface area contributed by atoms with Gasteiger partial charge in [-0.3, -0.25) is 14.9 Å². The molecule has 1 heterocycles. The van der Waals surface area contributed by atoms with Crippen LogP contribution < -0.4 is 5.32 Å². The topological polar surface area (TPSA) is 77.2 Å². The Morgan fingerprint density at radius 3 is 2.65 bits per heavy atom. The monoisotopic (exact) mass is 337 g/mol. The average molecular weight is 338 g/mol. The summed E-state index contributed by atoms with van der Waals surface area (Å²) < 4.78 is 2.41. The summed E-state index contributed by atoms with van der Waals surface area (Å²) in [6.07, 6.45) is 1.74. The van der Waals surface area contributed by atoms with Crippen molar-refractivity contribution in [2.24, 2.45) is 7.05 Å². The molecule has 0 fully saturated rings. The molecule has 0 aliphatic rings. The number of nitro benzene ring substituents is 1. The van der Waals surface area contributed by atoms with E-state index in [0.717, 1.165) is 10.0 Å². The minimum absolute atomic E-state index is 0.128. The number of nitrogens with one attached hydrogen (secondary N) is 1. The number of amides is 1. The summed E-state index contributed by atoms with van der Waals surface area (Å²) in [6, 6.07) is 6.24. The SMILES string of the molecule is Cc1ccc([N+](=O)[O-])c(NC(=O)c2cc(Br)cn2C)c1. The Hall–Kier alpha value is -2.15. The van der Waals surface area contributed by atoms with Gasteiger partial charge < -0.3 is 9.88 Å². The van der Waals surface area contributed by atoms with E-state index < -0.39 is 10.8 Å². The van der Waals surface area contributed by atoms with Crippen molar-refractivity contribution in [2.75, 3.05) is 5.32 Å². The maximum absolute atomic E-state index is 12.2. The molecule has 1 aromatic carbocycles. The Labute approximate surface area is 123 Å². The molecular formula is C13H12BrN3O3. The Morgan fingerprint density at radius 1 is 1.40 bits per heavy atom. The smallest absolute Gasteiger partial charge is 0.292 e. The zero-order valence-corrected chi connectivity index (χ0v) is 12.5. The third kappa shape index (κ3) is 2.88. The van der Waals surface area contributed by atoms with Crippen LogP contribution in [0, 0.1) is 17.0 Å². The summed E-state index contributed by atoms with van der Waals surface area (Å²) in [5.74, 6) is -0.396. The van der Waals surface area contributed by atoms with Crippen molar-refractivity contribution in [2.45, 2.75) is 6.92 Å². The maximum atomic E-state index is 12.2. The molecule has 0 aliphatic heterocycles. The molecule has 2 aromatic rings. The third-order valence-corrected chi connectivity index (χ3v) is 3.23. The lowest BCUT2D eigenvalue weighted by molar-refractivity contribution is -0.383. The molecule has 0 radical (unpaired) electrons. The lowest BCUT2D eigenvalue weighted by Gasteiger charge is -2.07. The van der Waals surface area contributed by atoms with E-state index >= 15 is 0 Å². The third-order valence-electron chi connectivity index (χ3n) is 2.80. The zero-order chi connectivity index (χ0) is 14.9. The maximum Gasteiger partial charge on any atom is 0.292 e. The van der Waals surface area contributed by atoms with Gasteiger partial charge in [0.05, 0.1) is 4.92 Å². The molecule has 7 heteroatoms. The summed E-state index contributed by atoms with van der Waals surface area (Å²) >= 11 is 3.28. The molecule has 1 aromatic heterocycles. The highest BCUT2D eigenvalue weighted by Crippen LogP contribution is 2.26. The van der Waals surface area contributed by atoms with Gasteiger partial charge in [-0.15, -0.1) is 0 Å². The number of aryl methyl sites for hydroxylation is 2. The van der Waals surface area contributed by atoms with E-state index in [9.17, 15) is 14.9 Å². The van der Waals surface area contributed by atoms with E-state index in [1.165, 1.54) is 6.07 Å². The van der Waals surface area contributed by atoms with Crippen molar-refractivity contribution < 1.29 is 9.72 Å². The lowest BCUT2D eigenvalue weighted by atomic mass is 10.2. The average Bonchev–Trinajstić information content (AvgIpc) is 2.68. The van der Waals surface area contributed by atoms with Gasteiger partial charge in [-0.25, -0.2) is 0 Å². The minimum atomic E-state index is -0.518. The first-order chi connectivity index (χ1) is 9.38. The fraction of sp³-hybridized carbons (Fsp3) is 0.154. The first-order valence-corrected chi connectivity index (χ1v) is 6.56. The molecule has 1 amide bonds. The molecule has 0 aliphatic carbocycles. The summed E-state index contributed by atoms with van der Waals surface area (Å²) in [7, 11) is 1.73. The largest absolute Gasteiger partial charge is 0.345 e. The van der Waals surface area contributed by atoms with Crippen LogP contribution in [0.5, 0.6) is 0 Å². The van der Waals surface area contributed by atoms with Gasteiger partial charge >= 0.3 is 0 Å². The standard InChI is InChI=1S/C13H12BrN3O3/c1-8-3-4-11(17(19)20)10(5-8)15-13(18)12-6-9(14)7-16(12)2/h3-7H,1-2H3,(H,15,18). The number of hydrogen-bond donors (Lipinski definition) is 1. The fourth-order valence-electron chi connectivity index (χ4n) is 1.85. The molecule has 0 saturated carbocycles. The number of halogens is 1. The summed E-state index contributed by atoms with van der Waals surface area (Å²) in [4.78, 5) is 22.6. The van der Waals surface area contributed by atoms with Gasteiger partial charge in [0, 0.05) is 23.8 Å². The number of carbonyl (C=O) groups excluding carboxylic acids is 1. The van der Waals surface area contributed by atoms with Crippen LogP contribution in [0.15, 0.2) is 34.9 Å². The summed E-state index contributed by atoms with van der Waals surface area (Å²) in [5, 5.41) is 13.5. The van der Waals surface area contributed by atoms with Crippen LogP contribution in [0.4, 0.5) is 11.4 Å². The second kappa shape index (κ2) is 5.46. The van der Waals surface area contributed by atoms with Crippen LogP contribution in [0.3, 0.4) is 0 Å². The lowest BCUT2D eigenvalue weighted by Crippen LogP contribution is -2.16. The first kappa shape index (κ1) is 14.3. The van der Waals surface area contributed by atoms with E-state index in [0.29, 0.717) is 5.69 Å². The first-order valence-electron chi connectivity index (χ1n) is 5.76. The number of nitrogens with zero attached hydrogens (tertiary/aromatic N) is 2. The molecule has 0 unspecified atom stereocenters. The molecule has 0 atom stereocenters. The van der Waals surface area contributed by atoms with Crippen LogP contribution >= 0.6 is 15.9 Å². The number of aromatic nitrogens is 1. The van der Waals surface area contributed by atoms with Crippen molar-refractivity contribution in [3.05, 3.63) is 56.3 Å². The van der Waals surface area contributed by atoms with Crippen molar-refractivity contribution in [1.82, 2.24) is 4.57 Å². The van der Waals surface area contributed by atoms with Gasteiger partial charge in [-0.05, 0) is 40.5 Å². The van der Waals surface area contributed by atoms with E-state index in [-0.39, 0.29) is 11.4 Å². The summed E-state index contributed by atoms with van der Waals surface area (Å²) in [5.41, 5.74) is 1.31. The minimum Gasteiger partial charge on any atom is -0.345 e. The van der Waals surface area contributed by atoms with Gasteiger partial charge in [0.2, 0.25) is 0 Å². The number of anilines is 1. The molecule has 20 heavy (non-hydrogen) atoms. The number of benzene rings is 1. The second-order valence-electron chi connectivity index (χ2n) is 4.39. The van der Waals surface area contributed by atoms with Crippen molar-refractivity contribution >= 4 is 33.2 Å². The molecule has 104 valence electrons. The van der Waals surface area contributed by atoms with Crippen LogP contribution in [-0.2, 0) is 7.05 Å². The van der Waals surface area contributed by atoms with E-state index in [2.05, 4.69) is 21.2 Å². The molecule has 2 rings (SSSR count). The van der Waals surface area contributed by atoms with E-state index in [4.69, 9.17) is 0 Å². The highest BCUT2D eigenvalue weighted by atomic mass is 79.9. The van der Waals surface area contributed by atoms with Crippen LogP contribution in [0.1, 0.15) is 16.1 Å². The van der Waals surface area contributed by atoms with Gasteiger partial charge in [0.15, 0.2) is 0 Å². The normalized spacial score (nSPS) is 10.3. The predicted molar refractivity (Wildman–Crippen MR) is 78.9 cm³/mol. The van der Waals surface area contributed by atoms with Gasteiger partial charge in [-0.2, -0.15) is 0 Å². The van der Waals surface area contributed by atoms with Crippen molar-refractivity contribution in [1.29, 1.82) is 0 Å². The molecule has 0 bridgehead atoms. The zero-order valence-electron chi connectivity index (χ0n) is 10.9. The van der Waals surface area contributed by atoms with Crippen molar-refractivity contribution in [3.63, 3.8) is 0 Å². The quantitative estimate of drug-likeness (QED) is 0.689. The van der Waals surface area contributed by atoms with Gasteiger partial charge in [0.1, 0.15) is 11.4 Å². The number of nitro groups is 1. The predicted octanol–water partition coefficient (Wildman–Crippen LogP) is 3.26. The Balaban J connectivity index is 2.34. The Morgan fingerprint density at radius 2 is 2.10 bits per heavy atom. The van der Waals surface area contributed by atoms with E-state index in [1.54, 1.807) is 42.9 Å². The highest BCUT2D eigenvalue weighted by molar-refractivity contribution is 9.10.